The van der Waals surface area contributed by atoms with Crippen molar-refractivity contribution in [2.24, 2.45) is 5.92 Å². The quantitative estimate of drug-likeness (QED) is 0.595. The number of hydrogen-bond donors (Lipinski definition) is 0. The molecule has 0 saturated heterocycles. The van der Waals surface area contributed by atoms with Crippen molar-refractivity contribution >= 4 is 10.8 Å². The molecule has 1 aliphatic rings. The van der Waals surface area contributed by atoms with Crippen LogP contribution in [0.3, 0.4) is 0 Å². The predicted octanol–water partition coefficient (Wildman–Crippen LogP) is 5.17. The fourth-order valence-electron chi connectivity index (χ4n) is 3.60. The topological polar surface area (TPSA) is 0 Å². The Morgan fingerprint density at radius 1 is 0.750 bits per heavy atom. The second-order valence-corrected chi connectivity index (χ2v) is 6.00. The van der Waals surface area contributed by atoms with Crippen LogP contribution < -0.4 is 0 Å². The second kappa shape index (κ2) is 4.21. The summed E-state index contributed by atoms with van der Waals surface area (Å²) in [5, 5.41) is 2.67. The predicted molar refractivity (Wildman–Crippen MR) is 85.0 cm³/mol. The maximum atomic E-state index is 2.38. The van der Waals surface area contributed by atoms with E-state index >= 15 is 0 Å². The number of fused-ring (bicyclic) bond motifs is 1. The van der Waals surface area contributed by atoms with Crippen molar-refractivity contribution in [3.8, 4) is 0 Å². The van der Waals surface area contributed by atoms with E-state index in [0.29, 0.717) is 0 Å². The van der Waals surface area contributed by atoms with Crippen LogP contribution in [-0.2, 0) is 5.41 Å². The van der Waals surface area contributed by atoms with Crippen LogP contribution in [0.4, 0.5) is 0 Å². The molecule has 1 aliphatic carbocycles. The molecule has 0 radical (unpaired) electrons. The highest BCUT2D eigenvalue weighted by Gasteiger charge is 2.53. The van der Waals surface area contributed by atoms with Gasteiger partial charge in [-0.05, 0) is 34.2 Å². The van der Waals surface area contributed by atoms with Gasteiger partial charge < -0.3 is 0 Å². The SMILES string of the molecule is CC1C[C@@]1(c1ccccc1)c1ccc2ccccc2c1. The number of rotatable bonds is 2. The summed E-state index contributed by atoms with van der Waals surface area (Å²) >= 11 is 0. The first-order valence-electron chi connectivity index (χ1n) is 7.35. The Balaban J connectivity index is 1.89. The molecule has 2 atom stereocenters. The number of benzene rings is 3. The van der Waals surface area contributed by atoms with Crippen LogP contribution >= 0.6 is 0 Å². The summed E-state index contributed by atoms with van der Waals surface area (Å²) in [7, 11) is 0. The summed E-state index contributed by atoms with van der Waals surface area (Å²) in [6, 6.07) is 26.6. The Labute approximate surface area is 120 Å². The van der Waals surface area contributed by atoms with Crippen LogP contribution in [0.2, 0.25) is 0 Å². The molecule has 3 aromatic rings. The molecular formula is C20H18. The van der Waals surface area contributed by atoms with E-state index in [1.54, 1.807) is 0 Å². The minimum Gasteiger partial charge on any atom is -0.0622 e. The molecule has 98 valence electrons. The molecule has 0 aromatic heterocycles. The van der Waals surface area contributed by atoms with Crippen molar-refractivity contribution in [3.05, 3.63) is 83.9 Å². The Morgan fingerprint density at radius 3 is 2.10 bits per heavy atom. The highest BCUT2D eigenvalue weighted by atomic mass is 14.6. The monoisotopic (exact) mass is 258 g/mol. The van der Waals surface area contributed by atoms with Gasteiger partial charge in [0.2, 0.25) is 0 Å². The zero-order chi connectivity index (χ0) is 13.6. The minimum atomic E-state index is 0.241. The van der Waals surface area contributed by atoms with Crippen LogP contribution in [0.25, 0.3) is 10.8 Å². The summed E-state index contributed by atoms with van der Waals surface area (Å²) in [6.07, 6.45) is 1.26. The third-order valence-electron chi connectivity index (χ3n) is 4.86. The third-order valence-corrected chi connectivity index (χ3v) is 4.86. The molecule has 0 spiro atoms. The lowest BCUT2D eigenvalue weighted by Crippen LogP contribution is -2.11. The van der Waals surface area contributed by atoms with Gasteiger partial charge in [-0.15, -0.1) is 0 Å². The molecule has 1 saturated carbocycles. The normalized spacial score (nSPS) is 24.8. The van der Waals surface area contributed by atoms with Gasteiger partial charge in [0.25, 0.3) is 0 Å². The summed E-state index contributed by atoms with van der Waals surface area (Å²) in [4.78, 5) is 0. The molecule has 4 rings (SSSR count). The molecule has 0 nitrogen and oxygen atoms in total. The third kappa shape index (κ3) is 1.61. The molecule has 0 aliphatic heterocycles. The standard InChI is InChI=1S/C20H18/c1-15-14-20(15,18-9-3-2-4-10-18)19-12-11-16-7-5-6-8-17(16)13-19/h2-13,15H,14H2,1H3/t15?,20-/m1/s1. The summed E-state index contributed by atoms with van der Waals surface area (Å²) in [5.41, 5.74) is 3.17. The smallest absolute Gasteiger partial charge is 0.0232 e. The molecule has 20 heavy (non-hydrogen) atoms. The maximum Gasteiger partial charge on any atom is 0.0232 e. The van der Waals surface area contributed by atoms with E-state index in [2.05, 4.69) is 79.7 Å². The van der Waals surface area contributed by atoms with E-state index in [-0.39, 0.29) is 5.41 Å². The van der Waals surface area contributed by atoms with Crippen LogP contribution in [-0.4, -0.2) is 0 Å². The molecule has 0 heteroatoms. The average Bonchev–Trinajstić information content (AvgIpc) is 3.20. The van der Waals surface area contributed by atoms with Crippen molar-refractivity contribution in [3.63, 3.8) is 0 Å². The van der Waals surface area contributed by atoms with Crippen molar-refractivity contribution in [2.45, 2.75) is 18.8 Å². The average molecular weight is 258 g/mol. The van der Waals surface area contributed by atoms with Gasteiger partial charge >= 0.3 is 0 Å². The molecular weight excluding hydrogens is 240 g/mol. The van der Waals surface area contributed by atoms with Gasteiger partial charge in [0.05, 0.1) is 0 Å². The van der Waals surface area contributed by atoms with E-state index < -0.39 is 0 Å². The number of hydrogen-bond acceptors (Lipinski definition) is 0. The van der Waals surface area contributed by atoms with Crippen molar-refractivity contribution in [1.82, 2.24) is 0 Å². The van der Waals surface area contributed by atoms with E-state index in [9.17, 15) is 0 Å². The largest absolute Gasteiger partial charge is 0.0622 e. The highest BCUT2D eigenvalue weighted by molar-refractivity contribution is 5.83. The van der Waals surface area contributed by atoms with E-state index in [1.165, 1.54) is 28.3 Å². The fourth-order valence-corrected chi connectivity index (χ4v) is 3.60. The van der Waals surface area contributed by atoms with Crippen LogP contribution in [0.15, 0.2) is 72.8 Å². The highest BCUT2D eigenvalue weighted by Crippen LogP contribution is 2.58. The van der Waals surface area contributed by atoms with Crippen LogP contribution in [0, 0.1) is 5.92 Å². The lowest BCUT2D eigenvalue weighted by molar-refractivity contribution is 0.750. The van der Waals surface area contributed by atoms with Crippen molar-refractivity contribution in [1.29, 1.82) is 0 Å². The molecule has 3 aromatic carbocycles. The van der Waals surface area contributed by atoms with Crippen LogP contribution in [0.1, 0.15) is 24.5 Å². The summed E-state index contributed by atoms with van der Waals surface area (Å²) < 4.78 is 0. The van der Waals surface area contributed by atoms with Gasteiger partial charge in [0.15, 0.2) is 0 Å². The van der Waals surface area contributed by atoms with Crippen molar-refractivity contribution < 1.29 is 0 Å². The summed E-state index contributed by atoms with van der Waals surface area (Å²) in [6.45, 7) is 2.36. The van der Waals surface area contributed by atoms with E-state index in [4.69, 9.17) is 0 Å². The molecule has 0 N–H and O–H groups in total. The van der Waals surface area contributed by atoms with E-state index in [0.717, 1.165) is 5.92 Å². The molecule has 0 bridgehead atoms. The lowest BCUT2D eigenvalue weighted by atomic mass is 9.85. The molecule has 0 heterocycles. The lowest BCUT2D eigenvalue weighted by Gasteiger charge is -2.18. The Hall–Kier alpha value is -2.08. The second-order valence-electron chi connectivity index (χ2n) is 6.00. The first kappa shape index (κ1) is 11.7. The van der Waals surface area contributed by atoms with Gasteiger partial charge in [-0.3, -0.25) is 0 Å². The molecule has 1 unspecified atom stereocenters. The first-order chi connectivity index (χ1) is 9.80. The zero-order valence-electron chi connectivity index (χ0n) is 11.7. The Bertz CT molecular complexity index is 757. The Morgan fingerprint density at radius 2 is 1.40 bits per heavy atom. The fraction of sp³-hybridized carbons (Fsp3) is 0.200. The van der Waals surface area contributed by atoms with Crippen molar-refractivity contribution in [2.75, 3.05) is 0 Å². The molecule has 1 fully saturated rings. The maximum absolute atomic E-state index is 2.38. The Kier molecular flexibility index (Phi) is 2.47. The van der Waals surface area contributed by atoms with Gasteiger partial charge in [0.1, 0.15) is 0 Å². The van der Waals surface area contributed by atoms with Crippen LogP contribution in [0.5, 0.6) is 0 Å². The van der Waals surface area contributed by atoms with Gasteiger partial charge in [-0.2, -0.15) is 0 Å². The van der Waals surface area contributed by atoms with E-state index in [1.807, 2.05) is 0 Å². The molecule has 0 amide bonds. The minimum absolute atomic E-state index is 0.241. The van der Waals surface area contributed by atoms with Gasteiger partial charge in [0, 0.05) is 5.41 Å². The first-order valence-corrected chi connectivity index (χ1v) is 7.35. The zero-order valence-corrected chi connectivity index (χ0v) is 11.7. The van der Waals surface area contributed by atoms with Gasteiger partial charge in [-0.1, -0.05) is 79.7 Å². The van der Waals surface area contributed by atoms with Gasteiger partial charge in [-0.25, -0.2) is 0 Å². The summed E-state index contributed by atoms with van der Waals surface area (Å²) in [5.74, 6) is 0.728.